The Bertz CT molecular complexity index is 515. The fourth-order valence-corrected chi connectivity index (χ4v) is 1.60. The lowest BCUT2D eigenvalue weighted by Crippen LogP contribution is -2.44. The van der Waals surface area contributed by atoms with Crippen LogP contribution in [-0.2, 0) is 9.53 Å². The summed E-state index contributed by atoms with van der Waals surface area (Å²) >= 11 is 5.81. The smallest absolute Gasteiger partial charge is 0.340 e. The quantitative estimate of drug-likeness (QED) is 0.646. The van der Waals surface area contributed by atoms with Crippen LogP contribution in [0.1, 0.15) is 37.6 Å². The van der Waals surface area contributed by atoms with Gasteiger partial charge in [0.2, 0.25) is 0 Å². The molecule has 1 amide bonds. The van der Waals surface area contributed by atoms with Crippen molar-refractivity contribution in [3.05, 3.63) is 28.8 Å². The van der Waals surface area contributed by atoms with Gasteiger partial charge in [-0.25, -0.2) is 4.79 Å². The number of carbonyl (C=O) groups is 2. The van der Waals surface area contributed by atoms with Gasteiger partial charge in [-0.05, 0) is 32.4 Å². The number of rotatable bonds is 5. The van der Waals surface area contributed by atoms with E-state index >= 15 is 0 Å². The number of anilines is 1. The molecule has 20 heavy (non-hydrogen) atoms. The lowest BCUT2D eigenvalue weighted by atomic mass is 10.0. The van der Waals surface area contributed by atoms with Gasteiger partial charge < -0.3 is 15.8 Å². The summed E-state index contributed by atoms with van der Waals surface area (Å²) in [6.45, 7) is 5.39. The molecule has 110 valence electrons. The number of carbonyl (C=O) groups excluding carboxylic acids is 2. The van der Waals surface area contributed by atoms with Crippen LogP contribution < -0.4 is 11.1 Å². The maximum Gasteiger partial charge on any atom is 0.340 e. The number of ether oxygens (including phenoxy) is 1. The first kappa shape index (κ1) is 16.3. The summed E-state index contributed by atoms with van der Waals surface area (Å²) in [5.41, 5.74) is 5.64. The molecule has 0 saturated carbocycles. The van der Waals surface area contributed by atoms with Crippen LogP contribution in [0.5, 0.6) is 0 Å². The minimum Gasteiger partial charge on any atom is -0.452 e. The molecule has 0 saturated heterocycles. The van der Waals surface area contributed by atoms with Crippen LogP contribution in [0.2, 0.25) is 5.02 Å². The molecule has 0 atom stereocenters. The standard InChI is InChI=1S/C14H19ClN2O3/c1-4-14(2,3)17-11(18)8-20-13(19)9-6-5-7-10(15)12(9)16/h5-7H,4,8,16H2,1-3H3,(H,17,18). The second-order valence-corrected chi connectivity index (χ2v) is 5.47. The molecule has 0 aliphatic heterocycles. The summed E-state index contributed by atoms with van der Waals surface area (Å²) < 4.78 is 4.93. The van der Waals surface area contributed by atoms with Crippen molar-refractivity contribution in [2.45, 2.75) is 32.7 Å². The Hall–Kier alpha value is -1.75. The van der Waals surface area contributed by atoms with Gasteiger partial charge in [0, 0.05) is 5.54 Å². The van der Waals surface area contributed by atoms with E-state index in [0.717, 1.165) is 6.42 Å². The van der Waals surface area contributed by atoms with Crippen molar-refractivity contribution in [1.29, 1.82) is 0 Å². The molecular weight excluding hydrogens is 280 g/mol. The number of amides is 1. The molecule has 0 aliphatic carbocycles. The van der Waals surface area contributed by atoms with Gasteiger partial charge in [0.25, 0.3) is 5.91 Å². The summed E-state index contributed by atoms with van der Waals surface area (Å²) in [5.74, 6) is -1.03. The van der Waals surface area contributed by atoms with E-state index in [1.165, 1.54) is 6.07 Å². The number of halogens is 1. The molecule has 0 unspecified atom stereocenters. The normalized spacial score (nSPS) is 11.0. The Morgan fingerprint density at radius 2 is 2.05 bits per heavy atom. The Kier molecular flexibility index (Phi) is 5.39. The molecule has 6 heteroatoms. The number of nitrogens with two attached hydrogens (primary N) is 1. The highest BCUT2D eigenvalue weighted by Gasteiger charge is 2.19. The molecule has 1 aromatic carbocycles. The van der Waals surface area contributed by atoms with Gasteiger partial charge >= 0.3 is 5.97 Å². The average molecular weight is 299 g/mol. The third-order valence-corrected chi connectivity index (χ3v) is 3.30. The van der Waals surface area contributed by atoms with Gasteiger partial charge in [-0.15, -0.1) is 0 Å². The monoisotopic (exact) mass is 298 g/mol. The number of esters is 1. The van der Waals surface area contributed by atoms with Crippen LogP contribution in [0, 0.1) is 0 Å². The zero-order chi connectivity index (χ0) is 15.3. The Balaban J connectivity index is 2.60. The molecule has 0 aromatic heterocycles. The second-order valence-electron chi connectivity index (χ2n) is 5.06. The van der Waals surface area contributed by atoms with Gasteiger partial charge in [0.15, 0.2) is 6.61 Å². The molecular formula is C14H19ClN2O3. The largest absolute Gasteiger partial charge is 0.452 e. The van der Waals surface area contributed by atoms with Crippen LogP contribution >= 0.6 is 11.6 Å². The molecule has 1 aromatic rings. The fraction of sp³-hybridized carbons (Fsp3) is 0.429. The molecule has 5 nitrogen and oxygen atoms in total. The Morgan fingerprint density at radius 3 is 2.65 bits per heavy atom. The number of nitrogen functional groups attached to an aromatic ring is 1. The number of para-hydroxylation sites is 1. The van der Waals surface area contributed by atoms with E-state index in [-0.39, 0.29) is 34.3 Å². The van der Waals surface area contributed by atoms with Crippen molar-refractivity contribution in [3.63, 3.8) is 0 Å². The van der Waals surface area contributed by atoms with E-state index < -0.39 is 5.97 Å². The maximum atomic E-state index is 11.8. The highest BCUT2D eigenvalue weighted by atomic mass is 35.5. The summed E-state index contributed by atoms with van der Waals surface area (Å²) in [7, 11) is 0. The Morgan fingerprint density at radius 1 is 1.40 bits per heavy atom. The average Bonchev–Trinajstić information content (AvgIpc) is 2.38. The third-order valence-electron chi connectivity index (χ3n) is 2.97. The molecule has 0 bridgehead atoms. The lowest BCUT2D eigenvalue weighted by Gasteiger charge is -2.24. The summed E-state index contributed by atoms with van der Waals surface area (Å²) in [4.78, 5) is 23.5. The molecule has 0 spiro atoms. The number of hydrogen-bond acceptors (Lipinski definition) is 4. The van der Waals surface area contributed by atoms with E-state index in [4.69, 9.17) is 22.1 Å². The van der Waals surface area contributed by atoms with Crippen LogP contribution in [0.25, 0.3) is 0 Å². The topological polar surface area (TPSA) is 81.4 Å². The molecule has 0 fully saturated rings. The van der Waals surface area contributed by atoms with Gasteiger partial charge in [0.05, 0.1) is 16.3 Å². The van der Waals surface area contributed by atoms with Gasteiger partial charge in [-0.1, -0.05) is 24.6 Å². The molecule has 1 rings (SSSR count). The van der Waals surface area contributed by atoms with Gasteiger partial charge in [-0.3, -0.25) is 4.79 Å². The fourth-order valence-electron chi connectivity index (χ4n) is 1.43. The second kappa shape index (κ2) is 6.61. The zero-order valence-corrected chi connectivity index (χ0v) is 12.6. The van der Waals surface area contributed by atoms with Crippen LogP contribution in [0.3, 0.4) is 0 Å². The minimum atomic E-state index is -0.672. The van der Waals surface area contributed by atoms with Crippen molar-refractivity contribution >= 4 is 29.2 Å². The predicted octanol–water partition coefficient (Wildman–Crippen LogP) is 2.38. The Labute approximate surface area is 123 Å². The molecule has 3 N–H and O–H groups in total. The van der Waals surface area contributed by atoms with Crippen molar-refractivity contribution in [2.75, 3.05) is 12.3 Å². The van der Waals surface area contributed by atoms with E-state index in [9.17, 15) is 9.59 Å². The van der Waals surface area contributed by atoms with E-state index in [2.05, 4.69) is 5.32 Å². The molecule has 0 radical (unpaired) electrons. The number of nitrogens with one attached hydrogen (secondary N) is 1. The van der Waals surface area contributed by atoms with E-state index in [1.807, 2.05) is 20.8 Å². The van der Waals surface area contributed by atoms with E-state index in [1.54, 1.807) is 12.1 Å². The first-order chi connectivity index (χ1) is 9.26. The summed E-state index contributed by atoms with van der Waals surface area (Å²) in [6, 6.07) is 4.66. The van der Waals surface area contributed by atoms with Crippen molar-refractivity contribution < 1.29 is 14.3 Å². The first-order valence-electron chi connectivity index (χ1n) is 6.29. The zero-order valence-electron chi connectivity index (χ0n) is 11.8. The predicted molar refractivity (Wildman–Crippen MR) is 78.7 cm³/mol. The van der Waals surface area contributed by atoms with Crippen LogP contribution in [0.15, 0.2) is 18.2 Å². The first-order valence-corrected chi connectivity index (χ1v) is 6.66. The number of benzene rings is 1. The summed E-state index contributed by atoms with van der Waals surface area (Å²) in [6.07, 6.45) is 0.772. The molecule has 0 heterocycles. The highest BCUT2D eigenvalue weighted by Crippen LogP contribution is 2.22. The van der Waals surface area contributed by atoms with Crippen LogP contribution in [0.4, 0.5) is 5.69 Å². The lowest BCUT2D eigenvalue weighted by molar-refractivity contribution is -0.125. The van der Waals surface area contributed by atoms with Crippen LogP contribution in [-0.4, -0.2) is 24.0 Å². The highest BCUT2D eigenvalue weighted by molar-refractivity contribution is 6.33. The maximum absolute atomic E-state index is 11.8. The SMILES string of the molecule is CCC(C)(C)NC(=O)COC(=O)c1cccc(Cl)c1N. The van der Waals surface area contributed by atoms with Gasteiger partial charge in [-0.2, -0.15) is 0 Å². The summed E-state index contributed by atoms with van der Waals surface area (Å²) in [5, 5.41) is 3.04. The third kappa shape index (κ3) is 4.42. The van der Waals surface area contributed by atoms with Crippen molar-refractivity contribution in [3.8, 4) is 0 Å². The van der Waals surface area contributed by atoms with Crippen molar-refractivity contribution in [2.24, 2.45) is 0 Å². The number of hydrogen-bond donors (Lipinski definition) is 2. The van der Waals surface area contributed by atoms with Crippen molar-refractivity contribution in [1.82, 2.24) is 5.32 Å². The van der Waals surface area contributed by atoms with E-state index in [0.29, 0.717) is 0 Å². The van der Waals surface area contributed by atoms with Gasteiger partial charge in [0.1, 0.15) is 0 Å². The minimum absolute atomic E-state index is 0.147. The molecule has 0 aliphatic rings.